The maximum atomic E-state index is 13.1. The third kappa shape index (κ3) is 6.35. The Kier molecular flexibility index (Phi) is 7.19. The summed E-state index contributed by atoms with van der Waals surface area (Å²) >= 11 is 0. The molecule has 0 fully saturated rings. The van der Waals surface area contributed by atoms with Gasteiger partial charge in [-0.15, -0.1) is 12.4 Å². The molecule has 1 rings (SSSR count). The monoisotopic (exact) mass is 324 g/mol. The summed E-state index contributed by atoms with van der Waals surface area (Å²) in [5.41, 5.74) is 4.81. The van der Waals surface area contributed by atoms with Crippen LogP contribution in [0.1, 0.15) is 31.7 Å². The Morgan fingerprint density at radius 2 is 1.76 bits per heavy atom. The van der Waals surface area contributed by atoms with E-state index in [0.717, 1.165) is 0 Å². The molecule has 1 unspecified atom stereocenters. The quantitative estimate of drug-likeness (QED) is 0.875. The Labute approximate surface area is 128 Å². The molecule has 0 heterocycles. The lowest BCUT2D eigenvalue weighted by Crippen LogP contribution is -2.49. The Morgan fingerprint density at radius 3 is 2.19 bits per heavy atom. The topological polar surface area (TPSA) is 55.1 Å². The highest BCUT2D eigenvalue weighted by Gasteiger charge is 2.42. The Balaban J connectivity index is 0.00000400. The van der Waals surface area contributed by atoms with Gasteiger partial charge in [-0.3, -0.25) is 4.79 Å². The van der Waals surface area contributed by atoms with Gasteiger partial charge in [0.2, 0.25) is 5.91 Å². The van der Waals surface area contributed by atoms with Gasteiger partial charge >= 0.3 is 6.18 Å². The van der Waals surface area contributed by atoms with E-state index in [9.17, 15) is 18.0 Å². The molecule has 3 N–H and O–H groups in total. The lowest BCUT2D eigenvalue weighted by atomic mass is 9.94. The van der Waals surface area contributed by atoms with E-state index in [-0.39, 0.29) is 24.5 Å². The molecule has 1 aromatic rings. The number of amides is 1. The van der Waals surface area contributed by atoms with Gasteiger partial charge in [0, 0.05) is 18.5 Å². The smallest absolute Gasteiger partial charge is 0.350 e. The lowest BCUT2D eigenvalue weighted by molar-refractivity contribution is -0.157. The van der Waals surface area contributed by atoms with Crippen LogP contribution in [0.3, 0.4) is 0 Å². The lowest BCUT2D eigenvalue weighted by Gasteiger charge is -2.26. The molecule has 1 aromatic carbocycles. The van der Waals surface area contributed by atoms with Crippen LogP contribution in [0.15, 0.2) is 30.3 Å². The van der Waals surface area contributed by atoms with Crippen molar-refractivity contribution in [1.82, 2.24) is 5.32 Å². The van der Waals surface area contributed by atoms with Crippen LogP contribution in [-0.4, -0.2) is 24.2 Å². The second-order valence-corrected chi connectivity index (χ2v) is 5.35. The van der Waals surface area contributed by atoms with Crippen molar-refractivity contribution in [3.63, 3.8) is 0 Å². The zero-order valence-electron chi connectivity index (χ0n) is 11.9. The van der Waals surface area contributed by atoms with Crippen LogP contribution < -0.4 is 11.1 Å². The predicted octanol–water partition coefficient (Wildman–Crippen LogP) is 3.00. The van der Waals surface area contributed by atoms with Crippen molar-refractivity contribution < 1.29 is 18.0 Å². The minimum Gasteiger partial charge on any atom is -0.350 e. The zero-order valence-corrected chi connectivity index (χ0v) is 12.7. The molecule has 1 atom stereocenters. The van der Waals surface area contributed by atoms with Crippen molar-refractivity contribution in [3.05, 3.63) is 35.9 Å². The van der Waals surface area contributed by atoms with E-state index in [0.29, 0.717) is 0 Å². The average Bonchev–Trinajstić information content (AvgIpc) is 2.35. The Morgan fingerprint density at radius 1 is 1.24 bits per heavy atom. The van der Waals surface area contributed by atoms with Crippen LogP contribution in [0, 0.1) is 0 Å². The molecule has 7 heteroatoms. The largest absolute Gasteiger partial charge is 0.396 e. The first-order valence-electron chi connectivity index (χ1n) is 6.28. The molecule has 0 radical (unpaired) electrons. The summed E-state index contributed by atoms with van der Waals surface area (Å²) in [7, 11) is 0. The van der Waals surface area contributed by atoms with E-state index in [1.54, 1.807) is 19.9 Å². The molecule has 0 bridgehead atoms. The molecular weight excluding hydrogens is 305 g/mol. The number of nitrogens with two attached hydrogens (primary N) is 1. The number of rotatable bonds is 5. The van der Waals surface area contributed by atoms with Crippen molar-refractivity contribution in [1.29, 1.82) is 0 Å². The van der Waals surface area contributed by atoms with E-state index >= 15 is 0 Å². The highest BCUT2D eigenvalue weighted by molar-refractivity contribution is 5.85. The van der Waals surface area contributed by atoms with Gasteiger partial charge in [-0.05, 0) is 19.4 Å². The number of benzene rings is 1. The minimum atomic E-state index is -4.47. The van der Waals surface area contributed by atoms with E-state index in [4.69, 9.17) is 5.73 Å². The van der Waals surface area contributed by atoms with Gasteiger partial charge in [0.25, 0.3) is 0 Å². The van der Waals surface area contributed by atoms with Gasteiger partial charge in [-0.1, -0.05) is 30.3 Å². The summed E-state index contributed by atoms with van der Waals surface area (Å²) in [5.74, 6) is -2.47. The standard InChI is InChI=1S/C14H19F3N2O.ClH/c1-13(2,9-18)19-12(20)8-11(14(15,16)17)10-6-4-3-5-7-10;/h3-7,11H,8-9,18H2,1-2H3,(H,19,20);1H. The Bertz CT molecular complexity index is 449. The molecular formula is C14H20ClF3N2O. The Hall–Kier alpha value is -1.27. The van der Waals surface area contributed by atoms with Gasteiger partial charge in [0.05, 0.1) is 5.92 Å². The van der Waals surface area contributed by atoms with E-state index < -0.39 is 30.0 Å². The summed E-state index contributed by atoms with van der Waals surface area (Å²) in [5, 5.41) is 2.51. The molecule has 0 saturated heterocycles. The normalized spacial score (nSPS) is 13.2. The van der Waals surface area contributed by atoms with E-state index in [2.05, 4.69) is 5.32 Å². The SMILES string of the molecule is CC(C)(CN)NC(=O)CC(c1ccccc1)C(F)(F)F.Cl. The first-order valence-corrected chi connectivity index (χ1v) is 6.28. The van der Waals surface area contributed by atoms with Gasteiger partial charge in [0.1, 0.15) is 0 Å². The summed E-state index contributed by atoms with van der Waals surface area (Å²) < 4.78 is 39.2. The fourth-order valence-electron chi connectivity index (χ4n) is 1.77. The summed E-state index contributed by atoms with van der Waals surface area (Å²) in [4.78, 5) is 11.8. The molecule has 0 aliphatic rings. The van der Waals surface area contributed by atoms with Gasteiger partial charge in [-0.2, -0.15) is 13.2 Å². The molecule has 0 spiro atoms. The fraction of sp³-hybridized carbons (Fsp3) is 0.500. The minimum absolute atomic E-state index is 0. The number of halogens is 4. The number of alkyl halides is 3. The third-order valence-corrected chi connectivity index (χ3v) is 2.97. The molecule has 0 aliphatic carbocycles. The highest BCUT2D eigenvalue weighted by Crippen LogP contribution is 2.37. The molecule has 0 saturated carbocycles. The van der Waals surface area contributed by atoms with E-state index in [1.807, 2.05) is 0 Å². The number of carbonyl (C=O) groups is 1. The maximum absolute atomic E-state index is 13.1. The number of hydrogen-bond acceptors (Lipinski definition) is 2. The molecule has 120 valence electrons. The molecule has 1 amide bonds. The van der Waals surface area contributed by atoms with Crippen molar-refractivity contribution in [2.75, 3.05) is 6.54 Å². The second kappa shape index (κ2) is 7.66. The van der Waals surface area contributed by atoms with Crippen LogP contribution in [0.5, 0.6) is 0 Å². The maximum Gasteiger partial charge on any atom is 0.396 e. The number of hydrogen-bond donors (Lipinski definition) is 2. The van der Waals surface area contributed by atoms with Crippen molar-refractivity contribution in [2.45, 2.75) is 37.9 Å². The summed E-state index contributed by atoms with van der Waals surface area (Å²) in [6, 6.07) is 7.43. The second-order valence-electron chi connectivity index (χ2n) is 5.35. The van der Waals surface area contributed by atoms with Crippen LogP contribution in [0.4, 0.5) is 13.2 Å². The number of nitrogens with one attached hydrogen (secondary N) is 1. The van der Waals surface area contributed by atoms with Crippen LogP contribution >= 0.6 is 12.4 Å². The van der Waals surface area contributed by atoms with Gasteiger partial charge in [0.15, 0.2) is 0 Å². The third-order valence-electron chi connectivity index (χ3n) is 2.97. The van der Waals surface area contributed by atoms with Crippen molar-refractivity contribution in [3.8, 4) is 0 Å². The molecule has 0 aromatic heterocycles. The van der Waals surface area contributed by atoms with Gasteiger partial charge in [-0.25, -0.2) is 0 Å². The van der Waals surface area contributed by atoms with Crippen LogP contribution in [0.2, 0.25) is 0 Å². The average molecular weight is 325 g/mol. The predicted molar refractivity (Wildman–Crippen MR) is 78.4 cm³/mol. The van der Waals surface area contributed by atoms with Crippen LogP contribution in [-0.2, 0) is 4.79 Å². The van der Waals surface area contributed by atoms with Crippen molar-refractivity contribution in [2.24, 2.45) is 5.73 Å². The molecule has 3 nitrogen and oxygen atoms in total. The molecule has 21 heavy (non-hydrogen) atoms. The summed E-state index contributed by atoms with van der Waals surface area (Å²) in [6.45, 7) is 3.48. The first-order chi connectivity index (χ1) is 9.15. The first kappa shape index (κ1) is 19.7. The fourth-order valence-corrected chi connectivity index (χ4v) is 1.77. The van der Waals surface area contributed by atoms with Gasteiger partial charge < -0.3 is 11.1 Å². The molecule has 0 aliphatic heterocycles. The van der Waals surface area contributed by atoms with Crippen LogP contribution in [0.25, 0.3) is 0 Å². The number of carbonyl (C=O) groups excluding carboxylic acids is 1. The zero-order chi connectivity index (χ0) is 15.4. The van der Waals surface area contributed by atoms with Crippen molar-refractivity contribution >= 4 is 18.3 Å². The van der Waals surface area contributed by atoms with E-state index in [1.165, 1.54) is 24.3 Å². The summed E-state index contributed by atoms with van der Waals surface area (Å²) in [6.07, 6.45) is -5.11. The highest BCUT2D eigenvalue weighted by atomic mass is 35.5.